The minimum atomic E-state index is 0. The van der Waals surface area contributed by atoms with E-state index in [4.69, 9.17) is 0 Å². The maximum atomic E-state index is 11.9. The summed E-state index contributed by atoms with van der Waals surface area (Å²) in [5.74, 6) is 0.919. The van der Waals surface area contributed by atoms with Crippen LogP contribution in [0.1, 0.15) is 33.6 Å². The van der Waals surface area contributed by atoms with Crippen LogP contribution in [-0.2, 0) is 4.79 Å². The van der Waals surface area contributed by atoms with Crippen molar-refractivity contribution in [3.05, 3.63) is 0 Å². The van der Waals surface area contributed by atoms with Crippen LogP contribution >= 0.6 is 24.2 Å². The molecule has 1 saturated heterocycles. The lowest BCUT2D eigenvalue weighted by atomic mass is 10.1. The molecule has 0 aromatic carbocycles. The molecule has 1 aliphatic rings. The van der Waals surface area contributed by atoms with E-state index < -0.39 is 0 Å². The SMILES string of the molecule is CNC1CCN(C(=O)CSC(C)(C)C)CC1.Cl. The van der Waals surface area contributed by atoms with Gasteiger partial charge in [-0.05, 0) is 19.9 Å². The molecule has 17 heavy (non-hydrogen) atoms. The van der Waals surface area contributed by atoms with Crippen LogP contribution in [0.5, 0.6) is 0 Å². The first-order chi connectivity index (χ1) is 7.42. The second-order valence-electron chi connectivity index (χ2n) is 5.34. The number of likely N-dealkylation sites (tertiary alicyclic amines) is 1. The molecule has 0 atom stereocenters. The van der Waals surface area contributed by atoms with Crippen molar-refractivity contribution in [2.24, 2.45) is 0 Å². The summed E-state index contributed by atoms with van der Waals surface area (Å²) < 4.78 is 0.180. The predicted molar refractivity (Wildman–Crippen MR) is 78.1 cm³/mol. The summed E-state index contributed by atoms with van der Waals surface area (Å²) >= 11 is 1.74. The van der Waals surface area contributed by atoms with Gasteiger partial charge in [0.2, 0.25) is 5.91 Å². The first kappa shape index (κ1) is 17.1. The molecule has 5 heteroatoms. The summed E-state index contributed by atoms with van der Waals surface area (Å²) in [7, 11) is 2.00. The van der Waals surface area contributed by atoms with Crippen LogP contribution in [0.4, 0.5) is 0 Å². The largest absolute Gasteiger partial charge is 0.342 e. The van der Waals surface area contributed by atoms with E-state index in [1.807, 2.05) is 11.9 Å². The Morgan fingerprint density at radius 1 is 1.35 bits per heavy atom. The molecule has 1 N–H and O–H groups in total. The van der Waals surface area contributed by atoms with E-state index in [9.17, 15) is 4.79 Å². The minimum absolute atomic E-state index is 0. The second kappa shape index (κ2) is 7.49. The van der Waals surface area contributed by atoms with E-state index in [1.165, 1.54) is 0 Å². The number of nitrogens with one attached hydrogen (secondary N) is 1. The third-order valence-corrected chi connectivity index (χ3v) is 4.14. The molecule has 0 aromatic rings. The monoisotopic (exact) mass is 280 g/mol. The Hall–Kier alpha value is 0.0700. The number of hydrogen-bond acceptors (Lipinski definition) is 3. The van der Waals surface area contributed by atoms with Crippen LogP contribution in [0.2, 0.25) is 0 Å². The van der Waals surface area contributed by atoms with Gasteiger partial charge in [0.05, 0.1) is 5.75 Å². The van der Waals surface area contributed by atoms with Gasteiger partial charge < -0.3 is 10.2 Å². The van der Waals surface area contributed by atoms with Gasteiger partial charge in [-0.15, -0.1) is 24.2 Å². The van der Waals surface area contributed by atoms with Gasteiger partial charge in [0, 0.05) is 23.9 Å². The summed E-state index contributed by atoms with van der Waals surface area (Å²) in [5, 5.41) is 3.28. The Labute approximate surface area is 115 Å². The topological polar surface area (TPSA) is 32.3 Å². The summed E-state index contributed by atoms with van der Waals surface area (Å²) in [6.07, 6.45) is 2.17. The van der Waals surface area contributed by atoms with Crippen LogP contribution in [0.15, 0.2) is 0 Å². The highest BCUT2D eigenvalue weighted by Crippen LogP contribution is 2.23. The molecule has 102 valence electrons. The van der Waals surface area contributed by atoms with E-state index in [0.29, 0.717) is 17.7 Å². The lowest BCUT2D eigenvalue weighted by molar-refractivity contribution is -0.129. The summed E-state index contributed by atoms with van der Waals surface area (Å²) in [5.41, 5.74) is 0. The molecule has 1 aliphatic heterocycles. The summed E-state index contributed by atoms with van der Waals surface area (Å²) in [6.45, 7) is 8.28. The van der Waals surface area contributed by atoms with Crippen LogP contribution in [0.3, 0.4) is 0 Å². The molecular formula is C12H25ClN2OS. The number of piperidine rings is 1. The molecule has 1 rings (SSSR count). The minimum Gasteiger partial charge on any atom is -0.342 e. The number of carbonyl (C=O) groups is 1. The second-order valence-corrected chi connectivity index (χ2v) is 7.15. The highest BCUT2D eigenvalue weighted by molar-refractivity contribution is 8.01. The number of amides is 1. The zero-order valence-electron chi connectivity index (χ0n) is 11.3. The smallest absolute Gasteiger partial charge is 0.232 e. The van der Waals surface area contributed by atoms with Crippen LogP contribution in [0.25, 0.3) is 0 Å². The van der Waals surface area contributed by atoms with Gasteiger partial charge in [-0.25, -0.2) is 0 Å². The number of hydrogen-bond donors (Lipinski definition) is 1. The maximum Gasteiger partial charge on any atom is 0.232 e. The average Bonchev–Trinajstić information content (AvgIpc) is 2.25. The normalized spacial score (nSPS) is 17.8. The fourth-order valence-electron chi connectivity index (χ4n) is 1.79. The molecule has 0 aromatic heterocycles. The fourth-order valence-corrected chi connectivity index (χ4v) is 2.53. The van der Waals surface area contributed by atoms with Crippen LogP contribution < -0.4 is 5.32 Å². The van der Waals surface area contributed by atoms with Crippen molar-refractivity contribution in [1.29, 1.82) is 0 Å². The number of halogens is 1. The first-order valence-corrected chi connectivity index (χ1v) is 7.00. The molecule has 0 saturated carbocycles. The van der Waals surface area contributed by atoms with Crippen molar-refractivity contribution < 1.29 is 4.79 Å². The quantitative estimate of drug-likeness (QED) is 0.860. The van der Waals surface area contributed by atoms with Crippen molar-refractivity contribution in [3.8, 4) is 0 Å². The lowest BCUT2D eigenvalue weighted by Gasteiger charge is -2.32. The number of rotatable bonds is 3. The van der Waals surface area contributed by atoms with Gasteiger partial charge >= 0.3 is 0 Å². The highest BCUT2D eigenvalue weighted by Gasteiger charge is 2.22. The average molecular weight is 281 g/mol. The molecule has 0 aliphatic carbocycles. The molecule has 0 spiro atoms. The van der Waals surface area contributed by atoms with Gasteiger partial charge in [0.1, 0.15) is 0 Å². The standard InChI is InChI=1S/C12H24N2OS.ClH/c1-12(2,3)16-9-11(15)14-7-5-10(13-4)6-8-14;/h10,13H,5-9H2,1-4H3;1H. The lowest BCUT2D eigenvalue weighted by Crippen LogP contribution is -2.44. The number of thioether (sulfide) groups is 1. The van der Waals surface area contributed by atoms with Crippen molar-refractivity contribution in [1.82, 2.24) is 10.2 Å². The van der Waals surface area contributed by atoms with Crippen LogP contribution in [-0.4, -0.2) is 47.5 Å². The predicted octanol–water partition coefficient (Wildman–Crippen LogP) is 2.15. The molecule has 0 radical (unpaired) electrons. The Balaban J connectivity index is 0.00000256. The van der Waals surface area contributed by atoms with E-state index in [0.717, 1.165) is 25.9 Å². The van der Waals surface area contributed by atoms with Gasteiger partial charge in [-0.1, -0.05) is 20.8 Å². The summed E-state index contributed by atoms with van der Waals surface area (Å²) in [6, 6.07) is 0.597. The number of carbonyl (C=O) groups excluding carboxylic acids is 1. The van der Waals surface area contributed by atoms with Gasteiger partial charge in [-0.3, -0.25) is 4.79 Å². The van der Waals surface area contributed by atoms with Crippen molar-refractivity contribution >= 4 is 30.1 Å². The maximum absolute atomic E-state index is 11.9. The zero-order chi connectivity index (χ0) is 12.2. The van der Waals surface area contributed by atoms with E-state index in [-0.39, 0.29) is 17.2 Å². The Morgan fingerprint density at radius 2 is 1.88 bits per heavy atom. The van der Waals surface area contributed by atoms with Crippen LogP contribution in [0, 0.1) is 0 Å². The molecule has 3 nitrogen and oxygen atoms in total. The highest BCUT2D eigenvalue weighted by atomic mass is 35.5. The zero-order valence-corrected chi connectivity index (χ0v) is 12.9. The van der Waals surface area contributed by atoms with Gasteiger partial charge in [0.25, 0.3) is 0 Å². The van der Waals surface area contributed by atoms with Crippen molar-refractivity contribution in [2.75, 3.05) is 25.9 Å². The van der Waals surface area contributed by atoms with E-state index in [2.05, 4.69) is 26.1 Å². The Bertz CT molecular complexity index is 235. The molecule has 1 heterocycles. The van der Waals surface area contributed by atoms with Crippen molar-refractivity contribution in [3.63, 3.8) is 0 Å². The van der Waals surface area contributed by atoms with Gasteiger partial charge in [-0.2, -0.15) is 0 Å². The third-order valence-electron chi connectivity index (χ3n) is 2.88. The Morgan fingerprint density at radius 3 is 2.29 bits per heavy atom. The van der Waals surface area contributed by atoms with Crippen molar-refractivity contribution in [2.45, 2.75) is 44.4 Å². The Kier molecular flexibility index (Phi) is 7.52. The summed E-state index contributed by atoms with van der Waals surface area (Å²) in [4.78, 5) is 13.9. The first-order valence-electron chi connectivity index (χ1n) is 6.01. The molecule has 1 fully saturated rings. The fraction of sp³-hybridized carbons (Fsp3) is 0.917. The van der Waals surface area contributed by atoms with E-state index in [1.54, 1.807) is 11.8 Å². The molecular weight excluding hydrogens is 256 g/mol. The van der Waals surface area contributed by atoms with E-state index >= 15 is 0 Å². The molecule has 0 bridgehead atoms. The third kappa shape index (κ3) is 6.53. The van der Waals surface area contributed by atoms with Gasteiger partial charge in [0.15, 0.2) is 0 Å². The molecule has 1 amide bonds. The molecule has 0 unspecified atom stereocenters. The number of nitrogens with zero attached hydrogens (tertiary/aromatic N) is 1.